The van der Waals surface area contributed by atoms with Crippen molar-refractivity contribution in [3.8, 4) is 22.8 Å². The molecule has 1 aliphatic rings. The fourth-order valence-electron chi connectivity index (χ4n) is 3.76. The summed E-state index contributed by atoms with van der Waals surface area (Å²) in [6, 6.07) is 7.87. The summed E-state index contributed by atoms with van der Waals surface area (Å²) < 4.78 is 12.8. The highest BCUT2D eigenvalue weighted by Crippen LogP contribution is 2.38. The number of hydrogen-bond acceptors (Lipinski definition) is 5. The van der Waals surface area contributed by atoms with E-state index in [-0.39, 0.29) is 11.9 Å². The lowest BCUT2D eigenvalue weighted by Crippen LogP contribution is -2.35. The molecule has 3 heterocycles. The molecule has 0 radical (unpaired) electrons. The van der Waals surface area contributed by atoms with Gasteiger partial charge in [-0.2, -0.15) is 0 Å². The fourth-order valence-corrected chi connectivity index (χ4v) is 4.00. The van der Waals surface area contributed by atoms with Crippen LogP contribution in [0.3, 0.4) is 0 Å². The molecule has 4 rings (SSSR count). The number of rotatable bonds is 5. The normalized spacial score (nSPS) is 16.3. The van der Waals surface area contributed by atoms with Crippen LogP contribution in [0.1, 0.15) is 13.3 Å². The number of aromatic nitrogens is 2. The average Bonchev–Trinajstić information content (AvgIpc) is 3.33. The van der Waals surface area contributed by atoms with E-state index in [0.717, 1.165) is 42.1 Å². The minimum atomic E-state index is 0.0114. The number of methoxy groups -OCH3 is 2. The molecule has 1 unspecified atom stereocenters. The van der Waals surface area contributed by atoms with Crippen molar-refractivity contribution in [2.75, 3.05) is 32.2 Å². The summed E-state index contributed by atoms with van der Waals surface area (Å²) in [6.45, 7) is 3.25. The maximum absolute atomic E-state index is 11.3. The molecule has 3 aromatic rings. The topological polar surface area (TPSA) is 68.1 Å². The lowest BCUT2D eigenvalue weighted by atomic mass is 10.1. The molecule has 29 heavy (non-hydrogen) atoms. The SMILES string of the molecule is COc1cc(OC)c(-c2cn3ccc(N4CCC(NC(C)=O)C4)cc3n2)cc1Cl. The number of nitrogens with zero attached hydrogens (tertiary/aromatic N) is 3. The third kappa shape index (κ3) is 3.82. The fraction of sp³-hybridized carbons (Fsp3) is 0.333. The molecular weight excluding hydrogens is 392 g/mol. The van der Waals surface area contributed by atoms with Crippen LogP contribution >= 0.6 is 11.6 Å². The summed E-state index contributed by atoms with van der Waals surface area (Å²) in [7, 11) is 3.18. The predicted molar refractivity (Wildman–Crippen MR) is 113 cm³/mol. The minimum Gasteiger partial charge on any atom is -0.496 e. The predicted octanol–water partition coefficient (Wildman–Crippen LogP) is 3.39. The molecule has 1 aromatic carbocycles. The van der Waals surface area contributed by atoms with E-state index in [0.29, 0.717) is 16.5 Å². The highest BCUT2D eigenvalue weighted by atomic mass is 35.5. The monoisotopic (exact) mass is 414 g/mol. The van der Waals surface area contributed by atoms with E-state index in [2.05, 4.69) is 22.3 Å². The van der Waals surface area contributed by atoms with Crippen molar-refractivity contribution in [2.45, 2.75) is 19.4 Å². The van der Waals surface area contributed by atoms with E-state index in [1.54, 1.807) is 33.3 Å². The van der Waals surface area contributed by atoms with Gasteiger partial charge in [-0.05, 0) is 18.6 Å². The molecule has 1 atom stereocenters. The molecule has 1 amide bonds. The summed E-state index contributed by atoms with van der Waals surface area (Å²) in [5.41, 5.74) is 3.48. The van der Waals surface area contributed by atoms with Crippen LogP contribution in [-0.4, -0.2) is 48.6 Å². The lowest BCUT2D eigenvalue weighted by Gasteiger charge is -2.18. The molecular formula is C21H23ClN4O3. The van der Waals surface area contributed by atoms with Crippen LogP contribution in [0.2, 0.25) is 5.02 Å². The third-order valence-electron chi connectivity index (χ3n) is 5.15. The maximum atomic E-state index is 11.3. The van der Waals surface area contributed by atoms with Crippen molar-refractivity contribution in [3.05, 3.63) is 41.7 Å². The molecule has 8 heteroatoms. The standard InChI is InChI=1S/C21H23ClN4O3/c1-13(27)23-14-4-6-25(11-14)15-5-7-26-12-18(24-21(26)8-15)16-9-17(22)20(29-3)10-19(16)28-2/h5,7-10,12,14H,4,6,11H2,1-3H3,(H,23,27). The van der Waals surface area contributed by atoms with Crippen molar-refractivity contribution in [1.82, 2.24) is 14.7 Å². The Morgan fingerprint density at radius 2 is 2.03 bits per heavy atom. The van der Waals surface area contributed by atoms with Gasteiger partial charge in [0, 0.05) is 61.8 Å². The molecule has 0 spiro atoms. The number of halogens is 1. The lowest BCUT2D eigenvalue weighted by molar-refractivity contribution is -0.119. The molecule has 0 bridgehead atoms. The number of carbonyl (C=O) groups is 1. The van der Waals surface area contributed by atoms with Crippen molar-refractivity contribution in [1.29, 1.82) is 0 Å². The van der Waals surface area contributed by atoms with Crippen molar-refractivity contribution in [3.63, 3.8) is 0 Å². The third-order valence-corrected chi connectivity index (χ3v) is 5.45. The summed E-state index contributed by atoms with van der Waals surface area (Å²) in [5.74, 6) is 1.21. The van der Waals surface area contributed by atoms with E-state index in [9.17, 15) is 4.79 Å². The zero-order chi connectivity index (χ0) is 20.5. The minimum absolute atomic E-state index is 0.0114. The second-order valence-corrected chi connectivity index (χ2v) is 7.50. The smallest absolute Gasteiger partial charge is 0.217 e. The van der Waals surface area contributed by atoms with Gasteiger partial charge in [-0.25, -0.2) is 4.98 Å². The van der Waals surface area contributed by atoms with Crippen molar-refractivity contribution >= 4 is 28.8 Å². The van der Waals surface area contributed by atoms with Crippen LogP contribution < -0.4 is 19.7 Å². The van der Waals surface area contributed by atoms with E-state index >= 15 is 0 Å². The number of carbonyl (C=O) groups excluding carboxylic acids is 1. The molecule has 2 aromatic heterocycles. The van der Waals surface area contributed by atoms with Gasteiger partial charge < -0.3 is 24.1 Å². The van der Waals surface area contributed by atoms with E-state index in [4.69, 9.17) is 26.1 Å². The number of anilines is 1. The van der Waals surface area contributed by atoms with Gasteiger partial charge in [-0.1, -0.05) is 11.6 Å². The van der Waals surface area contributed by atoms with Gasteiger partial charge in [0.1, 0.15) is 17.1 Å². The second kappa shape index (κ2) is 7.83. The average molecular weight is 415 g/mol. The van der Waals surface area contributed by atoms with E-state index in [1.165, 1.54) is 0 Å². The molecule has 1 aliphatic heterocycles. The van der Waals surface area contributed by atoms with Gasteiger partial charge in [0.2, 0.25) is 5.91 Å². The van der Waals surface area contributed by atoms with Gasteiger partial charge in [0.15, 0.2) is 0 Å². The highest BCUT2D eigenvalue weighted by molar-refractivity contribution is 6.32. The Bertz CT molecular complexity index is 1070. The molecule has 0 saturated carbocycles. The summed E-state index contributed by atoms with van der Waals surface area (Å²) in [6.07, 6.45) is 4.88. The highest BCUT2D eigenvalue weighted by Gasteiger charge is 2.23. The molecule has 1 saturated heterocycles. The number of nitrogens with one attached hydrogen (secondary N) is 1. The Morgan fingerprint density at radius 1 is 1.24 bits per heavy atom. The van der Waals surface area contributed by atoms with Crippen LogP contribution in [0.15, 0.2) is 36.7 Å². The number of pyridine rings is 1. The van der Waals surface area contributed by atoms with Crippen LogP contribution in [-0.2, 0) is 4.79 Å². The summed E-state index contributed by atoms with van der Waals surface area (Å²) >= 11 is 6.32. The number of fused-ring (bicyclic) bond motifs is 1. The Morgan fingerprint density at radius 3 is 2.76 bits per heavy atom. The van der Waals surface area contributed by atoms with Crippen molar-refractivity contribution < 1.29 is 14.3 Å². The molecule has 1 N–H and O–H groups in total. The first-order valence-electron chi connectivity index (χ1n) is 9.41. The van der Waals surface area contributed by atoms with E-state index in [1.807, 2.05) is 16.8 Å². The number of hydrogen-bond donors (Lipinski definition) is 1. The van der Waals surface area contributed by atoms with Gasteiger partial charge in [0.05, 0.1) is 24.9 Å². The maximum Gasteiger partial charge on any atom is 0.217 e. The van der Waals surface area contributed by atoms with Gasteiger partial charge in [-0.15, -0.1) is 0 Å². The number of benzene rings is 1. The largest absolute Gasteiger partial charge is 0.496 e. The first-order valence-corrected chi connectivity index (χ1v) is 9.79. The van der Waals surface area contributed by atoms with Gasteiger partial charge in [0.25, 0.3) is 0 Å². The Balaban J connectivity index is 1.65. The Hall–Kier alpha value is -2.93. The Labute approximate surface area is 174 Å². The zero-order valence-corrected chi connectivity index (χ0v) is 17.4. The molecule has 0 aliphatic carbocycles. The number of imidazole rings is 1. The van der Waals surface area contributed by atoms with E-state index < -0.39 is 0 Å². The summed E-state index contributed by atoms with van der Waals surface area (Å²) in [4.78, 5) is 18.3. The van der Waals surface area contributed by atoms with Crippen molar-refractivity contribution in [2.24, 2.45) is 0 Å². The van der Waals surface area contributed by atoms with Gasteiger partial charge in [-0.3, -0.25) is 4.79 Å². The van der Waals surface area contributed by atoms with Crippen LogP contribution in [0.25, 0.3) is 16.9 Å². The van der Waals surface area contributed by atoms with Gasteiger partial charge >= 0.3 is 0 Å². The molecule has 1 fully saturated rings. The first-order chi connectivity index (χ1) is 14.0. The second-order valence-electron chi connectivity index (χ2n) is 7.10. The zero-order valence-electron chi connectivity index (χ0n) is 16.6. The molecule has 152 valence electrons. The first kappa shape index (κ1) is 19.4. The Kier molecular flexibility index (Phi) is 5.24. The van der Waals surface area contributed by atoms with Crippen LogP contribution in [0, 0.1) is 0 Å². The number of amides is 1. The van der Waals surface area contributed by atoms with Crippen LogP contribution in [0.4, 0.5) is 5.69 Å². The number of ether oxygens (including phenoxy) is 2. The van der Waals surface area contributed by atoms with Crippen LogP contribution in [0.5, 0.6) is 11.5 Å². The quantitative estimate of drug-likeness (QED) is 0.693. The molecule has 7 nitrogen and oxygen atoms in total. The summed E-state index contributed by atoms with van der Waals surface area (Å²) in [5, 5.41) is 3.50.